The number of hydrogen-bond acceptors (Lipinski definition) is 4. The van der Waals surface area contributed by atoms with Crippen molar-refractivity contribution in [3.05, 3.63) is 54.8 Å². The molecule has 0 fully saturated rings. The number of nitro groups is 1. The number of nitrogens with zero attached hydrogens (tertiary/aromatic N) is 2. The van der Waals surface area contributed by atoms with Crippen LogP contribution in [0.2, 0.25) is 10.0 Å². The van der Waals surface area contributed by atoms with E-state index in [9.17, 15) is 14.5 Å². The Morgan fingerprint density at radius 3 is 2.45 bits per heavy atom. The van der Waals surface area contributed by atoms with E-state index in [-0.39, 0.29) is 27.2 Å². The molecule has 0 aliphatic heterocycles. The zero-order valence-corrected chi connectivity index (χ0v) is 12.6. The molecule has 0 unspecified atom stereocenters. The number of halogens is 4. The molecule has 0 radical (unpaired) electrons. The van der Waals surface area contributed by atoms with Gasteiger partial charge in [0.25, 0.3) is 0 Å². The Morgan fingerprint density at radius 1 is 1.30 bits per heavy atom. The minimum atomic E-state index is -0.608. The zero-order chi connectivity index (χ0) is 14.9. The van der Waals surface area contributed by atoms with Gasteiger partial charge in [-0.3, -0.25) is 10.1 Å². The molecule has 0 bridgehead atoms. The molecule has 5 nitrogen and oxygen atoms in total. The van der Waals surface area contributed by atoms with Crippen LogP contribution in [-0.2, 0) is 0 Å². The molecule has 1 heterocycles. The summed E-state index contributed by atoms with van der Waals surface area (Å²) in [5.41, 5.74) is -0.122. The summed E-state index contributed by atoms with van der Waals surface area (Å²) in [6.07, 6.45) is 1.38. The van der Waals surface area contributed by atoms with E-state index in [0.29, 0.717) is 4.47 Å². The Hall–Kier alpha value is -1.44. The Labute approximate surface area is 131 Å². The molecule has 0 aliphatic rings. The number of pyridine rings is 1. The predicted octanol–water partition coefficient (Wildman–Crippen LogP) is 4.94. The van der Waals surface area contributed by atoms with Gasteiger partial charge in [-0.05, 0) is 28.1 Å². The van der Waals surface area contributed by atoms with Gasteiger partial charge in [-0.25, -0.2) is 9.37 Å². The molecule has 1 aromatic heterocycles. The normalized spacial score (nSPS) is 10.4. The fourth-order valence-corrected chi connectivity index (χ4v) is 2.32. The summed E-state index contributed by atoms with van der Waals surface area (Å²) in [5.74, 6) is -0.655. The van der Waals surface area contributed by atoms with Crippen LogP contribution in [0.5, 0.6) is 0 Å². The SMILES string of the molecule is O=[N+]([O-])c1cc(Br)cnc1Nc1c(Cl)cc(F)cc1Cl. The van der Waals surface area contributed by atoms with Gasteiger partial charge in [-0.1, -0.05) is 23.2 Å². The van der Waals surface area contributed by atoms with Gasteiger partial charge >= 0.3 is 5.69 Å². The Morgan fingerprint density at radius 2 is 1.90 bits per heavy atom. The maximum absolute atomic E-state index is 13.1. The van der Waals surface area contributed by atoms with E-state index in [0.717, 1.165) is 12.1 Å². The van der Waals surface area contributed by atoms with Gasteiger partial charge in [0.05, 0.1) is 20.7 Å². The van der Waals surface area contributed by atoms with Crippen LogP contribution in [0, 0.1) is 15.9 Å². The maximum Gasteiger partial charge on any atom is 0.312 e. The van der Waals surface area contributed by atoms with Crippen molar-refractivity contribution in [1.82, 2.24) is 4.98 Å². The number of aromatic nitrogens is 1. The molecule has 0 aliphatic carbocycles. The fraction of sp³-hybridized carbons (Fsp3) is 0. The first-order valence-corrected chi connectivity index (χ1v) is 6.65. The topological polar surface area (TPSA) is 68.1 Å². The highest BCUT2D eigenvalue weighted by Crippen LogP contribution is 2.36. The van der Waals surface area contributed by atoms with Crippen molar-refractivity contribution in [3.8, 4) is 0 Å². The molecule has 1 aromatic carbocycles. The average molecular weight is 381 g/mol. The largest absolute Gasteiger partial charge is 0.332 e. The number of anilines is 2. The van der Waals surface area contributed by atoms with Crippen molar-refractivity contribution in [3.63, 3.8) is 0 Å². The number of nitrogens with one attached hydrogen (secondary N) is 1. The lowest BCUT2D eigenvalue weighted by atomic mass is 10.3. The van der Waals surface area contributed by atoms with Crippen molar-refractivity contribution < 1.29 is 9.31 Å². The summed E-state index contributed by atoms with van der Waals surface area (Å²) >= 11 is 14.8. The van der Waals surface area contributed by atoms with Gasteiger partial charge in [-0.2, -0.15) is 0 Å². The van der Waals surface area contributed by atoms with E-state index < -0.39 is 10.7 Å². The first-order valence-electron chi connectivity index (χ1n) is 5.10. The van der Waals surface area contributed by atoms with Gasteiger partial charge in [-0.15, -0.1) is 0 Å². The van der Waals surface area contributed by atoms with E-state index >= 15 is 0 Å². The zero-order valence-electron chi connectivity index (χ0n) is 9.53. The fourth-order valence-electron chi connectivity index (χ4n) is 1.44. The van der Waals surface area contributed by atoms with Gasteiger partial charge in [0.2, 0.25) is 5.82 Å². The molecule has 0 saturated heterocycles. The van der Waals surface area contributed by atoms with Crippen molar-refractivity contribution in [2.75, 3.05) is 5.32 Å². The molecule has 2 aromatic rings. The van der Waals surface area contributed by atoms with Crippen LogP contribution in [-0.4, -0.2) is 9.91 Å². The third kappa shape index (κ3) is 3.17. The number of hydrogen-bond donors (Lipinski definition) is 1. The second-order valence-corrected chi connectivity index (χ2v) is 5.38. The third-order valence-corrected chi connectivity index (χ3v) is 3.31. The van der Waals surface area contributed by atoms with Crippen LogP contribution in [0.3, 0.4) is 0 Å². The lowest BCUT2D eigenvalue weighted by Gasteiger charge is -2.10. The molecule has 9 heteroatoms. The van der Waals surface area contributed by atoms with Gasteiger partial charge in [0.15, 0.2) is 0 Å². The predicted molar refractivity (Wildman–Crippen MR) is 78.3 cm³/mol. The number of benzene rings is 1. The van der Waals surface area contributed by atoms with Crippen molar-refractivity contribution in [1.29, 1.82) is 0 Å². The Kier molecular flexibility index (Phi) is 4.42. The van der Waals surface area contributed by atoms with Crippen molar-refractivity contribution in [2.45, 2.75) is 0 Å². The minimum absolute atomic E-state index is 0.00554. The van der Waals surface area contributed by atoms with Gasteiger partial charge < -0.3 is 5.32 Å². The Balaban J connectivity index is 2.48. The molecular formula is C11H5BrCl2FN3O2. The number of rotatable bonds is 3. The van der Waals surface area contributed by atoms with Crippen LogP contribution in [0.4, 0.5) is 21.6 Å². The van der Waals surface area contributed by atoms with Gasteiger partial charge in [0, 0.05) is 16.7 Å². The highest BCUT2D eigenvalue weighted by molar-refractivity contribution is 9.10. The van der Waals surface area contributed by atoms with Crippen LogP contribution in [0.15, 0.2) is 28.9 Å². The first-order chi connectivity index (χ1) is 9.38. The van der Waals surface area contributed by atoms with E-state index in [2.05, 4.69) is 26.2 Å². The third-order valence-electron chi connectivity index (χ3n) is 2.28. The van der Waals surface area contributed by atoms with Crippen molar-refractivity contribution >= 4 is 56.3 Å². The van der Waals surface area contributed by atoms with Crippen LogP contribution in [0.25, 0.3) is 0 Å². The highest BCUT2D eigenvalue weighted by atomic mass is 79.9. The molecule has 0 saturated carbocycles. The van der Waals surface area contributed by atoms with E-state index in [4.69, 9.17) is 23.2 Å². The maximum atomic E-state index is 13.1. The minimum Gasteiger partial charge on any atom is -0.332 e. The summed E-state index contributed by atoms with van der Waals surface area (Å²) in [7, 11) is 0. The summed E-state index contributed by atoms with van der Waals surface area (Å²) in [6, 6.07) is 3.36. The van der Waals surface area contributed by atoms with Gasteiger partial charge in [0.1, 0.15) is 5.82 Å². The van der Waals surface area contributed by atoms with E-state index in [1.165, 1.54) is 12.3 Å². The molecular weight excluding hydrogens is 376 g/mol. The summed E-state index contributed by atoms with van der Waals surface area (Å²) in [6.45, 7) is 0. The lowest BCUT2D eigenvalue weighted by Crippen LogP contribution is -2.01. The summed E-state index contributed by atoms with van der Waals surface area (Å²) < 4.78 is 13.5. The molecule has 20 heavy (non-hydrogen) atoms. The molecule has 2 rings (SSSR count). The standard InChI is InChI=1S/C11H5BrCl2FN3O2/c12-5-1-9(18(19)20)11(16-4-5)17-10-7(13)2-6(15)3-8(10)14/h1-4H,(H,16,17). The van der Waals surface area contributed by atoms with Crippen molar-refractivity contribution in [2.24, 2.45) is 0 Å². The quantitative estimate of drug-likeness (QED) is 0.604. The second kappa shape index (κ2) is 5.90. The molecule has 1 N–H and O–H groups in total. The first kappa shape index (κ1) is 15.0. The summed E-state index contributed by atoms with van der Waals surface area (Å²) in [5, 5.41) is 13.6. The molecule has 104 valence electrons. The monoisotopic (exact) mass is 379 g/mol. The van der Waals surface area contributed by atoms with Crippen LogP contribution < -0.4 is 5.32 Å². The Bertz CT molecular complexity index is 676. The lowest BCUT2D eigenvalue weighted by molar-refractivity contribution is -0.384. The van der Waals surface area contributed by atoms with E-state index in [1.54, 1.807) is 0 Å². The van der Waals surface area contributed by atoms with Crippen LogP contribution in [0.1, 0.15) is 0 Å². The highest BCUT2D eigenvalue weighted by Gasteiger charge is 2.18. The average Bonchev–Trinajstić information content (AvgIpc) is 2.34. The molecule has 0 spiro atoms. The smallest absolute Gasteiger partial charge is 0.312 e. The molecule has 0 atom stereocenters. The molecule has 0 amide bonds. The van der Waals surface area contributed by atoms with Crippen LogP contribution >= 0.6 is 39.1 Å². The summed E-state index contributed by atoms with van der Waals surface area (Å²) in [4.78, 5) is 14.2. The van der Waals surface area contributed by atoms with E-state index in [1.807, 2.05) is 0 Å². The second-order valence-electron chi connectivity index (χ2n) is 3.65.